The molecule has 0 fully saturated rings. The Labute approximate surface area is 128 Å². The van der Waals surface area contributed by atoms with Gasteiger partial charge in [0.2, 0.25) is 0 Å². The highest BCUT2D eigenvalue weighted by molar-refractivity contribution is 9.24. The number of fused-ring (bicyclic) bond motifs is 1. The molecule has 0 bridgehead atoms. The van der Waals surface area contributed by atoms with Crippen molar-refractivity contribution in [3.63, 3.8) is 0 Å². The summed E-state index contributed by atoms with van der Waals surface area (Å²) in [5.41, 5.74) is 2.50. The lowest BCUT2D eigenvalue weighted by Crippen LogP contribution is -1.89. The molecule has 4 heteroatoms. The summed E-state index contributed by atoms with van der Waals surface area (Å²) in [6.45, 7) is 0. The van der Waals surface area contributed by atoms with Crippen LogP contribution in [0.2, 0.25) is 0 Å². The van der Waals surface area contributed by atoms with E-state index in [1.807, 2.05) is 0 Å². The average molecular weight is 472 g/mol. The van der Waals surface area contributed by atoms with E-state index in [0.717, 1.165) is 0 Å². The number of rotatable bonds is 2. The van der Waals surface area contributed by atoms with Crippen LogP contribution in [0.25, 0.3) is 10.8 Å². The number of benzene rings is 2. The highest BCUT2D eigenvalue weighted by atomic mass is 79.9. The van der Waals surface area contributed by atoms with Gasteiger partial charge >= 0.3 is 0 Å². The SMILES string of the molecule is BrC(Br)c1ccc(C(Br)Br)c2ccccc12. The second-order valence-electron chi connectivity index (χ2n) is 3.39. The van der Waals surface area contributed by atoms with Gasteiger partial charge in [-0.3, -0.25) is 0 Å². The predicted octanol–water partition coefficient (Wildman–Crippen LogP) is 6.42. The predicted molar refractivity (Wildman–Crippen MR) is 85.1 cm³/mol. The van der Waals surface area contributed by atoms with Gasteiger partial charge < -0.3 is 0 Å². The summed E-state index contributed by atoms with van der Waals surface area (Å²) in [6.07, 6.45) is 0. The Hall–Kier alpha value is 0.620. The molecular formula is C12H8Br4. The zero-order valence-corrected chi connectivity index (χ0v) is 14.5. The van der Waals surface area contributed by atoms with E-state index >= 15 is 0 Å². The van der Waals surface area contributed by atoms with Crippen LogP contribution in [0, 0.1) is 0 Å². The first-order chi connectivity index (χ1) is 7.61. The Morgan fingerprint density at radius 2 is 1.00 bits per heavy atom. The van der Waals surface area contributed by atoms with E-state index in [-0.39, 0.29) is 7.47 Å². The average Bonchev–Trinajstić information content (AvgIpc) is 2.27. The molecule has 0 aliphatic heterocycles. The fourth-order valence-corrected chi connectivity index (χ4v) is 3.32. The molecule has 2 aromatic rings. The lowest BCUT2D eigenvalue weighted by molar-refractivity contribution is 1.41. The van der Waals surface area contributed by atoms with Gasteiger partial charge in [-0.2, -0.15) is 0 Å². The van der Waals surface area contributed by atoms with E-state index in [9.17, 15) is 0 Å². The topological polar surface area (TPSA) is 0 Å². The fourth-order valence-electron chi connectivity index (χ4n) is 1.73. The van der Waals surface area contributed by atoms with E-state index in [0.29, 0.717) is 0 Å². The maximum Gasteiger partial charge on any atom is 0.0952 e. The lowest BCUT2D eigenvalue weighted by atomic mass is 10.0. The Morgan fingerprint density at radius 3 is 1.31 bits per heavy atom. The van der Waals surface area contributed by atoms with Crippen molar-refractivity contribution in [2.24, 2.45) is 0 Å². The lowest BCUT2D eigenvalue weighted by Gasteiger charge is -2.12. The second kappa shape index (κ2) is 5.51. The molecule has 0 atom stereocenters. The van der Waals surface area contributed by atoms with Crippen molar-refractivity contribution in [3.05, 3.63) is 47.5 Å². The molecule has 2 aromatic carbocycles. The summed E-state index contributed by atoms with van der Waals surface area (Å²) in [5.74, 6) is 0. The summed E-state index contributed by atoms with van der Waals surface area (Å²) in [6, 6.07) is 12.7. The highest BCUT2D eigenvalue weighted by Gasteiger charge is 2.12. The van der Waals surface area contributed by atoms with Crippen molar-refractivity contribution >= 4 is 74.5 Å². The van der Waals surface area contributed by atoms with Gasteiger partial charge in [0, 0.05) is 0 Å². The summed E-state index contributed by atoms with van der Waals surface area (Å²) in [7, 11) is 0. The molecule has 0 aliphatic rings. The number of halogens is 4. The van der Waals surface area contributed by atoms with Gasteiger partial charge in [0.15, 0.2) is 0 Å². The second-order valence-corrected chi connectivity index (χ2v) is 9.51. The third-order valence-corrected chi connectivity index (χ3v) is 4.43. The van der Waals surface area contributed by atoms with Crippen LogP contribution in [-0.2, 0) is 0 Å². The Morgan fingerprint density at radius 1 is 0.625 bits per heavy atom. The maximum atomic E-state index is 3.56. The summed E-state index contributed by atoms with van der Waals surface area (Å²) in [5, 5.41) is 2.53. The number of hydrogen-bond acceptors (Lipinski definition) is 0. The number of alkyl halides is 4. The third-order valence-electron chi connectivity index (χ3n) is 2.46. The Kier molecular flexibility index (Phi) is 4.50. The van der Waals surface area contributed by atoms with Gasteiger partial charge in [-0.05, 0) is 21.9 Å². The van der Waals surface area contributed by atoms with Crippen LogP contribution in [0.3, 0.4) is 0 Å². The first-order valence-corrected chi connectivity index (χ1v) is 8.35. The highest BCUT2D eigenvalue weighted by Crippen LogP contribution is 2.40. The van der Waals surface area contributed by atoms with Crippen molar-refractivity contribution in [1.82, 2.24) is 0 Å². The normalized spacial score (nSPS) is 11.6. The smallest absolute Gasteiger partial charge is 0.0712 e. The van der Waals surface area contributed by atoms with E-state index in [1.165, 1.54) is 21.9 Å². The third kappa shape index (κ3) is 2.55. The summed E-state index contributed by atoms with van der Waals surface area (Å²) >= 11 is 14.2. The molecule has 0 aliphatic carbocycles. The first kappa shape index (κ1) is 13.1. The van der Waals surface area contributed by atoms with Crippen molar-refractivity contribution in [3.8, 4) is 0 Å². The molecule has 0 radical (unpaired) electrons. The Balaban J connectivity index is 2.77. The van der Waals surface area contributed by atoms with Gasteiger partial charge in [-0.25, -0.2) is 0 Å². The molecule has 0 aromatic heterocycles. The minimum absolute atomic E-state index is 0.183. The number of hydrogen-bond donors (Lipinski definition) is 0. The molecule has 0 saturated heterocycles. The monoisotopic (exact) mass is 468 g/mol. The zero-order valence-electron chi connectivity index (χ0n) is 8.13. The van der Waals surface area contributed by atoms with Crippen LogP contribution in [-0.4, -0.2) is 0 Å². The van der Waals surface area contributed by atoms with Gasteiger partial charge in [0.25, 0.3) is 0 Å². The molecule has 0 saturated carbocycles. The molecule has 0 N–H and O–H groups in total. The van der Waals surface area contributed by atoms with Gasteiger partial charge in [0.1, 0.15) is 0 Å². The van der Waals surface area contributed by atoms with Crippen LogP contribution in [0.1, 0.15) is 18.6 Å². The molecule has 0 nitrogen and oxygen atoms in total. The molecule has 0 heterocycles. The molecule has 84 valence electrons. The van der Waals surface area contributed by atoms with Crippen LogP contribution in [0.4, 0.5) is 0 Å². The van der Waals surface area contributed by atoms with Crippen LogP contribution in [0.15, 0.2) is 36.4 Å². The van der Waals surface area contributed by atoms with E-state index in [4.69, 9.17) is 0 Å². The molecule has 2 rings (SSSR count). The van der Waals surface area contributed by atoms with Gasteiger partial charge in [-0.1, -0.05) is 100 Å². The zero-order chi connectivity index (χ0) is 11.7. The van der Waals surface area contributed by atoms with E-state index in [2.05, 4.69) is 100 Å². The largest absolute Gasteiger partial charge is 0.0952 e. The molecular weight excluding hydrogens is 464 g/mol. The Bertz CT molecular complexity index is 459. The van der Waals surface area contributed by atoms with Gasteiger partial charge in [0.05, 0.1) is 7.47 Å². The minimum atomic E-state index is 0.183. The van der Waals surface area contributed by atoms with E-state index < -0.39 is 0 Å². The minimum Gasteiger partial charge on any atom is -0.0712 e. The first-order valence-electron chi connectivity index (χ1n) is 4.69. The standard InChI is InChI=1S/C12H8Br4/c13-11(14)9-5-6-10(12(15)16)8-4-2-1-3-7(8)9/h1-6,11-12H. The molecule has 0 amide bonds. The molecule has 0 unspecified atom stereocenters. The van der Waals surface area contributed by atoms with Crippen molar-refractivity contribution in [2.45, 2.75) is 7.47 Å². The van der Waals surface area contributed by atoms with Crippen LogP contribution in [0.5, 0.6) is 0 Å². The maximum absolute atomic E-state index is 3.56. The van der Waals surface area contributed by atoms with Crippen molar-refractivity contribution < 1.29 is 0 Å². The summed E-state index contributed by atoms with van der Waals surface area (Å²) < 4.78 is 0.367. The van der Waals surface area contributed by atoms with Crippen LogP contribution >= 0.6 is 63.7 Å². The molecule has 16 heavy (non-hydrogen) atoms. The fraction of sp³-hybridized carbons (Fsp3) is 0.167. The quantitative estimate of drug-likeness (QED) is 0.444. The van der Waals surface area contributed by atoms with Crippen LogP contribution < -0.4 is 0 Å². The van der Waals surface area contributed by atoms with Crippen molar-refractivity contribution in [1.29, 1.82) is 0 Å². The molecule has 0 spiro atoms. The van der Waals surface area contributed by atoms with Crippen molar-refractivity contribution in [2.75, 3.05) is 0 Å². The van der Waals surface area contributed by atoms with Gasteiger partial charge in [-0.15, -0.1) is 0 Å². The van der Waals surface area contributed by atoms with E-state index in [1.54, 1.807) is 0 Å². The summed E-state index contributed by atoms with van der Waals surface area (Å²) in [4.78, 5) is 0.